The predicted octanol–water partition coefficient (Wildman–Crippen LogP) is 7.37. The highest BCUT2D eigenvalue weighted by molar-refractivity contribution is 6.36. The number of rotatable bonds is 10. The van der Waals surface area contributed by atoms with Crippen molar-refractivity contribution in [2.24, 2.45) is 0 Å². The number of benzene rings is 2. The fourth-order valence-electron chi connectivity index (χ4n) is 3.50. The van der Waals surface area contributed by atoms with Crippen molar-refractivity contribution in [3.8, 4) is 11.5 Å². The first-order chi connectivity index (χ1) is 13.8. The number of methoxy groups -OCH3 is 2. The van der Waals surface area contributed by atoms with E-state index in [2.05, 4.69) is 13.8 Å². The van der Waals surface area contributed by atoms with E-state index in [-0.39, 0.29) is 5.92 Å². The number of halogens is 3. The molecule has 0 bridgehead atoms. The van der Waals surface area contributed by atoms with Crippen molar-refractivity contribution in [2.45, 2.75) is 52.1 Å². The lowest BCUT2D eigenvalue weighted by Gasteiger charge is -2.18. The van der Waals surface area contributed by atoms with Gasteiger partial charge in [0, 0.05) is 22.2 Å². The van der Waals surface area contributed by atoms with Crippen LogP contribution in [0.3, 0.4) is 0 Å². The summed E-state index contributed by atoms with van der Waals surface area (Å²) in [5, 5.41) is 0.737. The molecule has 2 aromatic rings. The molecule has 0 radical (unpaired) electrons. The van der Waals surface area contributed by atoms with Crippen LogP contribution in [0.4, 0.5) is 4.39 Å². The molecule has 0 aliphatic carbocycles. The molecular weight excluding hydrogens is 414 g/mol. The van der Waals surface area contributed by atoms with Crippen molar-refractivity contribution in [1.29, 1.82) is 0 Å². The second-order valence-electron chi connectivity index (χ2n) is 7.45. The van der Waals surface area contributed by atoms with E-state index in [4.69, 9.17) is 37.4 Å². The Morgan fingerprint density at radius 1 is 0.897 bits per heavy atom. The Morgan fingerprint density at radius 3 is 1.93 bits per heavy atom. The maximum atomic E-state index is 13.4. The molecule has 1 unspecified atom stereocenters. The fourth-order valence-corrected chi connectivity index (χ4v) is 4.33. The van der Waals surface area contributed by atoms with E-state index in [1.165, 1.54) is 12.1 Å². The van der Waals surface area contributed by atoms with Gasteiger partial charge in [0.25, 0.3) is 0 Å². The molecule has 6 heteroatoms. The Kier molecular flexibility index (Phi) is 9.06. The van der Waals surface area contributed by atoms with E-state index in [0.717, 1.165) is 41.0 Å². The minimum atomic E-state index is -0.423. The molecular formula is C23H29Cl2FO3. The maximum Gasteiger partial charge on any atom is 0.126 e. The third-order valence-corrected chi connectivity index (χ3v) is 5.54. The minimum Gasteiger partial charge on any atom is -0.496 e. The van der Waals surface area contributed by atoms with Gasteiger partial charge >= 0.3 is 0 Å². The van der Waals surface area contributed by atoms with Gasteiger partial charge in [-0.05, 0) is 60.1 Å². The molecule has 2 rings (SSSR count). The Morgan fingerprint density at radius 2 is 1.45 bits per heavy atom. The number of ether oxygens (including phenoxy) is 3. The van der Waals surface area contributed by atoms with Crippen LogP contribution in [-0.2, 0) is 11.3 Å². The quantitative estimate of drug-likeness (QED) is 0.359. The largest absolute Gasteiger partial charge is 0.496 e. The van der Waals surface area contributed by atoms with Crippen LogP contribution in [0.1, 0.15) is 62.1 Å². The summed E-state index contributed by atoms with van der Waals surface area (Å²) in [7, 11) is 3.33. The topological polar surface area (TPSA) is 27.7 Å². The lowest BCUT2D eigenvalue weighted by Crippen LogP contribution is -2.03. The monoisotopic (exact) mass is 442 g/mol. The van der Waals surface area contributed by atoms with E-state index in [9.17, 15) is 4.39 Å². The molecule has 0 aromatic heterocycles. The van der Waals surface area contributed by atoms with Crippen LogP contribution in [0.5, 0.6) is 11.5 Å². The van der Waals surface area contributed by atoms with Crippen LogP contribution >= 0.6 is 23.2 Å². The molecule has 0 saturated carbocycles. The van der Waals surface area contributed by atoms with Crippen molar-refractivity contribution in [1.82, 2.24) is 0 Å². The molecule has 0 aliphatic heterocycles. The van der Waals surface area contributed by atoms with Gasteiger partial charge in [-0.1, -0.05) is 44.0 Å². The van der Waals surface area contributed by atoms with Crippen molar-refractivity contribution in [3.63, 3.8) is 0 Å². The van der Waals surface area contributed by atoms with Gasteiger partial charge in [-0.25, -0.2) is 4.39 Å². The van der Waals surface area contributed by atoms with Gasteiger partial charge in [-0.15, -0.1) is 0 Å². The Hall–Kier alpha value is -1.49. The lowest BCUT2D eigenvalue weighted by molar-refractivity contribution is 0.116. The molecule has 0 saturated heterocycles. The summed E-state index contributed by atoms with van der Waals surface area (Å²) in [6.07, 6.45) is 1.67. The molecule has 1 atom stereocenters. The third kappa shape index (κ3) is 6.24. The predicted molar refractivity (Wildman–Crippen MR) is 117 cm³/mol. The summed E-state index contributed by atoms with van der Waals surface area (Å²) in [4.78, 5) is 0. The summed E-state index contributed by atoms with van der Waals surface area (Å²) in [5.41, 5.74) is 2.84. The zero-order chi connectivity index (χ0) is 21.6. The molecule has 160 valence electrons. The van der Waals surface area contributed by atoms with E-state index in [0.29, 0.717) is 29.2 Å². The number of hydrogen-bond acceptors (Lipinski definition) is 3. The standard InChI is InChI=1S/C23H29Cl2FO3/c1-14(2)22-20(27-4)9-16(10-21(22)28-5)13-29-8-6-7-15(3)23-18(24)11-17(26)12-19(23)25/h9-12,14-15H,6-8,13H2,1-5H3. The van der Waals surface area contributed by atoms with Crippen LogP contribution in [0.2, 0.25) is 10.0 Å². The SMILES string of the molecule is COc1cc(COCCCC(C)c2c(Cl)cc(F)cc2Cl)cc(OC)c1C(C)C. The molecule has 0 spiro atoms. The van der Waals surface area contributed by atoms with Crippen LogP contribution in [0.25, 0.3) is 0 Å². The van der Waals surface area contributed by atoms with Gasteiger partial charge in [0.15, 0.2) is 0 Å². The highest BCUT2D eigenvalue weighted by Crippen LogP contribution is 2.37. The smallest absolute Gasteiger partial charge is 0.126 e. The molecule has 2 aromatic carbocycles. The zero-order valence-electron chi connectivity index (χ0n) is 17.7. The second kappa shape index (κ2) is 11.1. The van der Waals surface area contributed by atoms with E-state index < -0.39 is 5.82 Å². The van der Waals surface area contributed by atoms with E-state index in [1.807, 2.05) is 19.1 Å². The molecule has 29 heavy (non-hydrogen) atoms. The Bertz CT molecular complexity index is 776. The van der Waals surface area contributed by atoms with Gasteiger partial charge in [0.2, 0.25) is 0 Å². The first-order valence-electron chi connectivity index (χ1n) is 9.75. The van der Waals surface area contributed by atoms with Gasteiger partial charge in [0.1, 0.15) is 17.3 Å². The summed E-state index contributed by atoms with van der Waals surface area (Å²) < 4.78 is 30.3. The highest BCUT2D eigenvalue weighted by Gasteiger charge is 2.17. The second-order valence-corrected chi connectivity index (χ2v) is 8.26. The van der Waals surface area contributed by atoms with Gasteiger partial charge in [0.05, 0.1) is 20.8 Å². The lowest BCUT2D eigenvalue weighted by atomic mass is 9.96. The van der Waals surface area contributed by atoms with Crippen LogP contribution in [0.15, 0.2) is 24.3 Å². The summed E-state index contributed by atoms with van der Waals surface area (Å²) in [6, 6.07) is 6.60. The normalized spacial score (nSPS) is 12.3. The summed E-state index contributed by atoms with van der Waals surface area (Å²) in [5.74, 6) is 1.61. The molecule has 0 heterocycles. The molecule has 3 nitrogen and oxygen atoms in total. The third-order valence-electron chi connectivity index (χ3n) is 4.91. The highest BCUT2D eigenvalue weighted by atomic mass is 35.5. The summed E-state index contributed by atoms with van der Waals surface area (Å²) in [6.45, 7) is 7.31. The van der Waals surface area contributed by atoms with Gasteiger partial charge in [-0.3, -0.25) is 0 Å². The average Bonchev–Trinajstić information content (AvgIpc) is 2.65. The minimum absolute atomic E-state index is 0.115. The van der Waals surface area contributed by atoms with E-state index >= 15 is 0 Å². The Balaban J connectivity index is 1.91. The molecule has 0 N–H and O–H groups in total. The van der Waals surface area contributed by atoms with Crippen LogP contribution < -0.4 is 9.47 Å². The van der Waals surface area contributed by atoms with Crippen molar-refractivity contribution >= 4 is 23.2 Å². The number of hydrogen-bond donors (Lipinski definition) is 0. The first-order valence-corrected chi connectivity index (χ1v) is 10.5. The zero-order valence-corrected chi connectivity index (χ0v) is 19.2. The summed E-state index contributed by atoms with van der Waals surface area (Å²) >= 11 is 12.3. The first kappa shape index (κ1) is 23.8. The van der Waals surface area contributed by atoms with Crippen molar-refractivity contribution in [2.75, 3.05) is 20.8 Å². The van der Waals surface area contributed by atoms with Gasteiger partial charge < -0.3 is 14.2 Å². The Labute approximate surface area is 183 Å². The van der Waals surface area contributed by atoms with Crippen molar-refractivity contribution < 1.29 is 18.6 Å². The van der Waals surface area contributed by atoms with Crippen molar-refractivity contribution in [3.05, 3.63) is 56.8 Å². The van der Waals surface area contributed by atoms with Crippen LogP contribution in [0, 0.1) is 5.82 Å². The van der Waals surface area contributed by atoms with Gasteiger partial charge in [-0.2, -0.15) is 0 Å². The molecule has 0 aliphatic rings. The van der Waals surface area contributed by atoms with Crippen LogP contribution in [-0.4, -0.2) is 20.8 Å². The van der Waals surface area contributed by atoms with E-state index in [1.54, 1.807) is 14.2 Å². The maximum absolute atomic E-state index is 13.4. The average molecular weight is 443 g/mol. The molecule has 0 amide bonds. The fraction of sp³-hybridized carbons (Fsp3) is 0.478. The molecule has 0 fully saturated rings.